The number of thiophene rings is 1. The Labute approximate surface area is 118 Å². The van der Waals surface area contributed by atoms with Crippen LogP contribution in [0.5, 0.6) is 0 Å². The van der Waals surface area contributed by atoms with Gasteiger partial charge in [-0.3, -0.25) is 9.88 Å². The number of nitrogens with one attached hydrogen (secondary N) is 2. The van der Waals surface area contributed by atoms with Crippen molar-refractivity contribution in [3.63, 3.8) is 0 Å². The molecule has 0 atom stereocenters. The molecular formula is C12H10N6OS. The lowest BCUT2D eigenvalue weighted by Gasteiger charge is -2.06. The summed E-state index contributed by atoms with van der Waals surface area (Å²) in [4.78, 5) is 23.9. The number of rotatable bonds is 3. The molecule has 0 unspecified atom stereocenters. The minimum Gasteiger partial charge on any atom is -0.305 e. The molecule has 0 saturated heterocycles. The summed E-state index contributed by atoms with van der Waals surface area (Å²) in [7, 11) is 0. The van der Waals surface area contributed by atoms with Gasteiger partial charge in [0.05, 0.1) is 23.1 Å². The molecule has 0 aliphatic carbocycles. The van der Waals surface area contributed by atoms with Crippen LogP contribution in [0, 0.1) is 0 Å². The molecular weight excluding hydrogens is 276 g/mol. The Morgan fingerprint density at radius 2 is 2.10 bits per heavy atom. The number of anilines is 2. The predicted molar refractivity (Wildman–Crippen MR) is 76.1 cm³/mol. The van der Waals surface area contributed by atoms with Gasteiger partial charge >= 0.3 is 6.03 Å². The van der Waals surface area contributed by atoms with Gasteiger partial charge in [-0.25, -0.2) is 19.7 Å². The molecule has 0 bridgehead atoms. The summed E-state index contributed by atoms with van der Waals surface area (Å²) in [6.45, 7) is 0. The van der Waals surface area contributed by atoms with Crippen LogP contribution < -0.4 is 10.6 Å². The highest BCUT2D eigenvalue weighted by Crippen LogP contribution is 2.15. The molecule has 2 N–H and O–H groups in total. The van der Waals surface area contributed by atoms with Gasteiger partial charge in [-0.05, 0) is 17.5 Å². The van der Waals surface area contributed by atoms with Crippen LogP contribution in [-0.4, -0.2) is 25.6 Å². The number of carbonyl (C=O) groups is 1. The molecule has 3 rings (SSSR count). The molecule has 3 aromatic heterocycles. The van der Waals surface area contributed by atoms with E-state index in [4.69, 9.17) is 0 Å². The van der Waals surface area contributed by atoms with E-state index >= 15 is 0 Å². The minimum atomic E-state index is -0.327. The first-order valence-electron chi connectivity index (χ1n) is 5.73. The van der Waals surface area contributed by atoms with E-state index in [1.165, 1.54) is 23.7 Å². The van der Waals surface area contributed by atoms with Crippen LogP contribution in [0.2, 0.25) is 0 Å². The van der Waals surface area contributed by atoms with Crippen molar-refractivity contribution in [2.24, 2.45) is 0 Å². The van der Waals surface area contributed by atoms with Crippen LogP contribution in [-0.2, 0) is 0 Å². The largest absolute Gasteiger partial charge is 0.324 e. The van der Waals surface area contributed by atoms with Crippen molar-refractivity contribution in [2.75, 3.05) is 10.6 Å². The average Bonchev–Trinajstić information content (AvgIpc) is 3.12. The lowest BCUT2D eigenvalue weighted by atomic mass is 10.5. The fourth-order valence-corrected chi connectivity index (χ4v) is 2.13. The summed E-state index contributed by atoms with van der Waals surface area (Å²) < 4.78 is 1.68. The van der Waals surface area contributed by atoms with E-state index in [-0.39, 0.29) is 6.03 Å². The Balaban J connectivity index is 1.65. The first-order chi connectivity index (χ1) is 9.81. The second kappa shape index (κ2) is 5.49. The van der Waals surface area contributed by atoms with Gasteiger partial charge in [-0.15, -0.1) is 11.3 Å². The summed E-state index contributed by atoms with van der Waals surface area (Å²) in [5.74, 6) is 0.492. The maximum absolute atomic E-state index is 11.7. The Kier molecular flexibility index (Phi) is 3.38. The highest BCUT2D eigenvalue weighted by atomic mass is 32.1. The third-order valence-electron chi connectivity index (χ3n) is 2.39. The topological polar surface area (TPSA) is 84.7 Å². The van der Waals surface area contributed by atoms with Crippen LogP contribution in [0.25, 0.3) is 5.95 Å². The van der Waals surface area contributed by atoms with Crippen molar-refractivity contribution in [2.45, 2.75) is 0 Å². The Morgan fingerprint density at radius 1 is 1.25 bits per heavy atom. The van der Waals surface area contributed by atoms with E-state index in [2.05, 4.69) is 25.6 Å². The van der Waals surface area contributed by atoms with Gasteiger partial charge in [0.25, 0.3) is 0 Å². The number of hydrogen-bond acceptors (Lipinski definition) is 5. The van der Waals surface area contributed by atoms with Crippen LogP contribution in [0.1, 0.15) is 0 Å². The number of amides is 2. The molecule has 0 aliphatic rings. The van der Waals surface area contributed by atoms with Gasteiger partial charge in [0.1, 0.15) is 6.33 Å². The predicted octanol–water partition coefficient (Wildman–Crippen LogP) is 2.37. The fraction of sp³-hybridized carbons (Fsp3) is 0. The molecule has 0 saturated carbocycles. The van der Waals surface area contributed by atoms with Crippen molar-refractivity contribution in [3.8, 4) is 5.95 Å². The Bertz CT molecular complexity index is 677. The summed E-state index contributed by atoms with van der Waals surface area (Å²) in [5, 5.41) is 8.03. The molecule has 3 heterocycles. The first-order valence-corrected chi connectivity index (χ1v) is 6.61. The summed E-state index contributed by atoms with van der Waals surface area (Å²) >= 11 is 1.45. The van der Waals surface area contributed by atoms with E-state index < -0.39 is 0 Å². The van der Waals surface area contributed by atoms with E-state index in [1.807, 2.05) is 17.5 Å². The lowest BCUT2D eigenvalue weighted by molar-refractivity contribution is 0.262. The normalized spacial score (nSPS) is 10.2. The number of urea groups is 1. The second-order valence-electron chi connectivity index (χ2n) is 3.80. The number of carbonyl (C=O) groups excluding carboxylic acids is 1. The van der Waals surface area contributed by atoms with Gasteiger partial charge in [0.15, 0.2) is 0 Å². The molecule has 0 fully saturated rings. The lowest BCUT2D eigenvalue weighted by Crippen LogP contribution is -2.19. The monoisotopic (exact) mass is 286 g/mol. The summed E-state index contributed by atoms with van der Waals surface area (Å²) in [6, 6.07) is 3.36. The third kappa shape index (κ3) is 2.81. The maximum Gasteiger partial charge on any atom is 0.324 e. The van der Waals surface area contributed by atoms with E-state index in [0.717, 1.165) is 5.00 Å². The zero-order valence-electron chi connectivity index (χ0n) is 10.2. The van der Waals surface area contributed by atoms with Crippen LogP contribution >= 0.6 is 11.3 Å². The highest BCUT2D eigenvalue weighted by molar-refractivity contribution is 7.14. The van der Waals surface area contributed by atoms with Crippen molar-refractivity contribution >= 4 is 28.1 Å². The molecule has 0 aromatic carbocycles. The zero-order valence-corrected chi connectivity index (χ0v) is 11.0. The van der Waals surface area contributed by atoms with Crippen LogP contribution in [0.4, 0.5) is 15.5 Å². The van der Waals surface area contributed by atoms with E-state index in [1.54, 1.807) is 23.3 Å². The molecule has 2 amide bonds. The molecule has 20 heavy (non-hydrogen) atoms. The molecule has 0 spiro atoms. The summed E-state index contributed by atoms with van der Waals surface area (Å²) in [5.41, 5.74) is 0.517. The van der Waals surface area contributed by atoms with E-state index in [9.17, 15) is 4.79 Å². The summed E-state index contributed by atoms with van der Waals surface area (Å²) in [6.07, 6.45) is 8.06. The van der Waals surface area contributed by atoms with Gasteiger partial charge in [0, 0.05) is 12.4 Å². The number of hydrogen-bond donors (Lipinski definition) is 2. The Hall–Kier alpha value is -2.74. The highest BCUT2D eigenvalue weighted by Gasteiger charge is 2.05. The van der Waals surface area contributed by atoms with Gasteiger partial charge in [-0.1, -0.05) is 0 Å². The minimum absolute atomic E-state index is 0.327. The maximum atomic E-state index is 11.7. The quantitative estimate of drug-likeness (QED) is 0.774. The van der Waals surface area contributed by atoms with Crippen molar-refractivity contribution < 1.29 is 4.79 Å². The molecule has 0 aliphatic heterocycles. The van der Waals surface area contributed by atoms with Gasteiger partial charge in [-0.2, -0.15) is 0 Å². The SMILES string of the molecule is O=C(Nc1cnc(-n2ccnc2)nc1)Nc1cccs1. The molecule has 100 valence electrons. The molecule has 7 nitrogen and oxygen atoms in total. The third-order valence-corrected chi connectivity index (χ3v) is 3.17. The number of nitrogens with zero attached hydrogens (tertiary/aromatic N) is 4. The molecule has 8 heteroatoms. The smallest absolute Gasteiger partial charge is 0.305 e. The number of aromatic nitrogens is 4. The molecule has 0 radical (unpaired) electrons. The zero-order chi connectivity index (χ0) is 13.8. The van der Waals surface area contributed by atoms with E-state index in [0.29, 0.717) is 11.6 Å². The Morgan fingerprint density at radius 3 is 2.75 bits per heavy atom. The van der Waals surface area contributed by atoms with Crippen molar-refractivity contribution in [1.29, 1.82) is 0 Å². The van der Waals surface area contributed by atoms with Crippen LogP contribution in [0.3, 0.4) is 0 Å². The second-order valence-corrected chi connectivity index (χ2v) is 4.75. The van der Waals surface area contributed by atoms with Gasteiger partial charge in [0.2, 0.25) is 5.95 Å². The standard InChI is InChI=1S/C12H10N6OS/c19-12(17-10-2-1-5-20-10)16-9-6-14-11(15-7-9)18-4-3-13-8-18/h1-8H,(H2,16,17,19). The van der Waals surface area contributed by atoms with Crippen LogP contribution in [0.15, 0.2) is 48.6 Å². The first kappa shape index (κ1) is 12.3. The molecule has 3 aromatic rings. The van der Waals surface area contributed by atoms with Crippen molar-refractivity contribution in [3.05, 3.63) is 48.6 Å². The average molecular weight is 286 g/mol. The number of imidazole rings is 1. The van der Waals surface area contributed by atoms with Crippen molar-refractivity contribution in [1.82, 2.24) is 19.5 Å². The van der Waals surface area contributed by atoms with Gasteiger partial charge < -0.3 is 5.32 Å². The fourth-order valence-electron chi connectivity index (χ4n) is 1.52.